The van der Waals surface area contributed by atoms with E-state index in [1.807, 2.05) is 66.9 Å². The van der Waals surface area contributed by atoms with Gasteiger partial charge in [0.1, 0.15) is 11.5 Å². The summed E-state index contributed by atoms with van der Waals surface area (Å²) in [6.07, 6.45) is 3.56. The molecule has 1 N–H and O–H groups in total. The van der Waals surface area contributed by atoms with E-state index in [1.54, 1.807) is 10.7 Å². The van der Waals surface area contributed by atoms with Crippen LogP contribution >= 0.6 is 11.6 Å². The molecule has 0 fully saturated rings. The van der Waals surface area contributed by atoms with Crippen LogP contribution in [0.15, 0.2) is 71.7 Å². The maximum atomic E-state index is 13.6. The molecular weight excluding hydrogens is 554 g/mol. The van der Waals surface area contributed by atoms with Crippen LogP contribution in [0.2, 0.25) is 5.15 Å². The lowest BCUT2D eigenvalue weighted by Gasteiger charge is -2.17. The number of benzene rings is 2. The number of halogens is 1. The summed E-state index contributed by atoms with van der Waals surface area (Å²) in [5.41, 5.74) is 3.80. The first-order chi connectivity index (χ1) is 20.4. The van der Waals surface area contributed by atoms with Crippen LogP contribution in [0.25, 0.3) is 22.5 Å². The summed E-state index contributed by atoms with van der Waals surface area (Å²) < 4.78 is 9.32. The molecule has 0 saturated heterocycles. The number of H-pyrrole nitrogens is 1. The molecule has 0 aliphatic carbocycles. The Morgan fingerprint density at radius 3 is 2.62 bits per heavy atom. The summed E-state index contributed by atoms with van der Waals surface area (Å²) in [7, 11) is 0. The second-order valence-corrected chi connectivity index (χ2v) is 10.2. The average Bonchev–Trinajstić information content (AvgIpc) is 3.61. The Balaban J connectivity index is 1.63. The Morgan fingerprint density at radius 2 is 1.88 bits per heavy atom. The van der Waals surface area contributed by atoms with Gasteiger partial charge in [-0.3, -0.25) is 9.59 Å². The quantitative estimate of drug-likeness (QED) is 0.186. The molecule has 216 valence electrons. The van der Waals surface area contributed by atoms with E-state index in [2.05, 4.69) is 32.4 Å². The number of ketones is 1. The van der Waals surface area contributed by atoms with Gasteiger partial charge >= 0.3 is 0 Å². The van der Waals surface area contributed by atoms with Crippen molar-refractivity contribution in [2.75, 3.05) is 6.61 Å². The summed E-state index contributed by atoms with van der Waals surface area (Å²) in [4.78, 5) is 32.7. The van der Waals surface area contributed by atoms with Crippen molar-refractivity contribution < 1.29 is 9.53 Å². The van der Waals surface area contributed by atoms with Gasteiger partial charge in [0.25, 0.3) is 0 Å². The topological polar surface area (TPSA) is 121 Å². The second kappa shape index (κ2) is 13.1. The summed E-state index contributed by atoms with van der Waals surface area (Å²) in [6, 6.07) is 18.9. The van der Waals surface area contributed by atoms with Gasteiger partial charge in [-0.2, -0.15) is 4.68 Å². The number of nitrogens with zero attached hydrogens (tertiary/aromatic N) is 6. The van der Waals surface area contributed by atoms with Crippen LogP contribution < -0.4 is 5.56 Å². The second-order valence-electron chi connectivity index (χ2n) is 9.88. The average molecular weight is 586 g/mol. The Kier molecular flexibility index (Phi) is 9.04. The number of aromatic amines is 1. The standard InChI is InChI=1S/C31H32ClN7O3/c1-4-6-12-26-34-30(32)28(29(41)23-15-16-33-27(40)18-23)38(26)19-21-13-14-24(22-10-8-7-9-11-22)25(17-21)31-35-36-37-39(31)20(3)42-5-2/h7-11,13-18,20H,4-6,12,19H2,1-3H3,(H,33,40). The monoisotopic (exact) mass is 585 g/mol. The van der Waals surface area contributed by atoms with Crippen LogP contribution in [0.1, 0.15) is 67.3 Å². The molecule has 5 aromatic rings. The van der Waals surface area contributed by atoms with Crippen molar-refractivity contribution in [3.8, 4) is 22.5 Å². The Morgan fingerprint density at radius 1 is 1.07 bits per heavy atom. The highest BCUT2D eigenvalue weighted by molar-refractivity contribution is 6.33. The maximum Gasteiger partial charge on any atom is 0.248 e. The van der Waals surface area contributed by atoms with E-state index in [0.29, 0.717) is 31.2 Å². The van der Waals surface area contributed by atoms with Gasteiger partial charge in [-0.05, 0) is 59.5 Å². The van der Waals surface area contributed by atoms with Crippen LogP contribution in [0, 0.1) is 0 Å². The van der Waals surface area contributed by atoms with E-state index >= 15 is 0 Å². The zero-order chi connectivity index (χ0) is 29.6. The highest BCUT2D eigenvalue weighted by Gasteiger charge is 2.25. The fourth-order valence-electron chi connectivity index (χ4n) is 4.96. The Labute approximate surface area is 248 Å². The molecule has 3 aromatic heterocycles. The normalized spacial score (nSPS) is 12.0. The molecule has 0 saturated carbocycles. The zero-order valence-corrected chi connectivity index (χ0v) is 24.5. The Hall–Kier alpha value is -4.41. The summed E-state index contributed by atoms with van der Waals surface area (Å²) in [5.74, 6) is 0.904. The van der Waals surface area contributed by atoms with Crippen molar-refractivity contribution >= 4 is 17.4 Å². The molecule has 42 heavy (non-hydrogen) atoms. The number of tetrazole rings is 1. The molecule has 3 heterocycles. The van der Waals surface area contributed by atoms with E-state index in [4.69, 9.17) is 16.3 Å². The highest BCUT2D eigenvalue weighted by Crippen LogP contribution is 2.33. The third-order valence-corrected chi connectivity index (χ3v) is 7.27. The number of carbonyl (C=O) groups excluding carboxylic acids is 1. The van der Waals surface area contributed by atoms with Crippen LogP contribution in [-0.4, -0.2) is 47.1 Å². The van der Waals surface area contributed by atoms with E-state index in [-0.39, 0.29) is 34.0 Å². The minimum Gasteiger partial charge on any atom is -0.357 e. The summed E-state index contributed by atoms with van der Waals surface area (Å²) >= 11 is 6.60. The van der Waals surface area contributed by atoms with E-state index < -0.39 is 0 Å². The highest BCUT2D eigenvalue weighted by atomic mass is 35.5. The third kappa shape index (κ3) is 6.09. The lowest BCUT2D eigenvalue weighted by atomic mass is 9.96. The number of hydrogen-bond donors (Lipinski definition) is 1. The summed E-state index contributed by atoms with van der Waals surface area (Å²) in [6.45, 7) is 6.76. The predicted octanol–water partition coefficient (Wildman–Crippen LogP) is 5.72. The molecule has 1 unspecified atom stereocenters. The first-order valence-electron chi connectivity index (χ1n) is 14.0. The van der Waals surface area contributed by atoms with Crippen LogP contribution in [-0.2, 0) is 17.7 Å². The number of carbonyl (C=O) groups is 1. The molecule has 5 rings (SSSR count). The van der Waals surface area contributed by atoms with Gasteiger partial charge in [0.2, 0.25) is 11.3 Å². The van der Waals surface area contributed by atoms with Gasteiger partial charge in [0.05, 0.1) is 0 Å². The van der Waals surface area contributed by atoms with E-state index in [0.717, 1.165) is 35.1 Å². The molecule has 1 atom stereocenters. The number of aromatic nitrogens is 7. The SMILES string of the molecule is CCCCc1nc(Cl)c(C(=O)c2cc[nH]c(=O)c2)n1Cc1ccc(-c2ccccc2)c(-c2nnnn2C(C)OCC)c1. The molecule has 0 aliphatic rings. The first kappa shape index (κ1) is 29.1. The van der Waals surface area contributed by atoms with Crippen molar-refractivity contribution in [3.63, 3.8) is 0 Å². The molecule has 2 aromatic carbocycles. The molecule has 0 spiro atoms. The van der Waals surface area contributed by atoms with E-state index in [9.17, 15) is 9.59 Å². The predicted molar refractivity (Wildman–Crippen MR) is 160 cm³/mol. The molecule has 0 bridgehead atoms. The van der Waals surface area contributed by atoms with Gasteiger partial charge in [-0.15, -0.1) is 5.10 Å². The fourth-order valence-corrected chi connectivity index (χ4v) is 5.24. The zero-order valence-electron chi connectivity index (χ0n) is 23.7. The molecule has 0 radical (unpaired) electrons. The molecule has 0 aliphatic heterocycles. The number of aryl methyl sites for hydroxylation is 1. The third-order valence-electron chi connectivity index (χ3n) is 7.01. The van der Waals surface area contributed by atoms with Crippen LogP contribution in [0.5, 0.6) is 0 Å². The number of hydrogen-bond acceptors (Lipinski definition) is 7. The largest absolute Gasteiger partial charge is 0.357 e. The molecule has 10 nitrogen and oxygen atoms in total. The minimum atomic E-state index is -0.376. The van der Waals surface area contributed by atoms with Crippen molar-refractivity contribution in [2.24, 2.45) is 0 Å². The maximum absolute atomic E-state index is 13.6. The van der Waals surface area contributed by atoms with Crippen molar-refractivity contribution in [1.82, 2.24) is 34.7 Å². The minimum absolute atomic E-state index is 0.113. The van der Waals surface area contributed by atoms with Crippen molar-refractivity contribution in [1.29, 1.82) is 0 Å². The number of nitrogens with one attached hydrogen (secondary N) is 1. The van der Waals surface area contributed by atoms with Crippen molar-refractivity contribution in [3.05, 3.63) is 105 Å². The number of imidazole rings is 1. The number of rotatable bonds is 12. The van der Waals surface area contributed by atoms with Crippen molar-refractivity contribution in [2.45, 2.75) is 52.8 Å². The lowest BCUT2D eigenvalue weighted by Crippen LogP contribution is -2.16. The first-order valence-corrected chi connectivity index (χ1v) is 14.4. The fraction of sp³-hybridized carbons (Fsp3) is 0.290. The molecular formula is C31H32ClN7O3. The van der Waals surface area contributed by atoms with E-state index in [1.165, 1.54) is 12.3 Å². The van der Waals surface area contributed by atoms with Gasteiger partial charge in [-0.25, -0.2) is 4.98 Å². The van der Waals surface area contributed by atoms with Crippen LogP contribution in [0.4, 0.5) is 0 Å². The van der Waals surface area contributed by atoms with Gasteiger partial charge in [-0.1, -0.05) is 67.4 Å². The van der Waals surface area contributed by atoms with Crippen LogP contribution in [0.3, 0.4) is 0 Å². The van der Waals surface area contributed by atoms with Gasteiger partial charge in [0.15, 0.2) is 17.2 Å². The van der Waals surface area contributed by atoms with Gasteiger partial charge in [0, 0.05) is 43.0 Å². The smallest absolute Gasteiger partial charge is 0.248 e. The number of pyridine rings is 1. The Bertz CT molecular complexity index is 1740. The van der Waals surface area contributed by atoms with Gasteiger partial charge < -0.3 is 14.3 Å². The summed E-state index contributed by atoms with van der Waals surface area (Å²) in [5, 5.41) is 12.7. The number of unbranched alkanes of at least 4 members (excludes halogenated alkanes) is 1. The lowest BCUT2D eigenvalue weighted by molar-refractivity contribution is 0.0159. The number of ether oxygens (including phenoxy) is 1. The molecule has 0 amide bonds. The molecule has 11 heteroatoms.